The van der Waals surface area contributed by atoms with Crippen molar-refractivity contribution in [2.75, 3.05) is 12.4 Å². The van der Waals surface area contributed by atoms with Crippen LogP contribution < -0.4 is 15.4 Å². The zero-order valence-electron chi connectivity index (χ0n) is 14.8. The van der Waals surface area contributed by atoms with Crippen molar-refractivity contribution >= 4 is 22.8 Å². The van der Waals surface area contributed by atoms with Crippen LogP contribution in [0.25, 0.3) is 10.9 Å². The molecule has 0 aliphatic rings. The molecule has 4 N–H and O–H groups in total. The second-order valence-electron chi connectivity index (χ2n) is 6.44. The number of hydrogen-bond acceptors (Lipinski definition) is 5. The molecule has 0 saturated carbocycles. The van der Waals surface area contributed by atoms with Gasteiger partial charge in [0.1, 0.15) is 5.82 Å². The van der Waals surface area contributed by atoms with E-state index in [-0.39, 0.29) is 0 Å². The van der Waals surface area contributed by atoms with Gasteiger partial charge in [-0.25, -0.2) is 9.78 Å². The van der Waals surface area contributed by atoms with Crippen molar-refractivity contribution in [2.24, 2.45) is 0 Å². The molecule has 0 fully saturated rings. The predicted octanol–water partition coefficient (Wildman–Crippen LogP) is 2.60. The number of amides is 2. The van der Waals surface area contributed by atoms with Gasteiger partial charge in [-0.2, -0.15) is 0 Å². The maximum absolute atomic E-state index is 12.4. The number of hydrogen-bond donors (Lipinski definition) is 4. The zero-order chi connectivity index (χ0) is 18.7. The average Bonchev–Trinajstić information content (AvgIpc) is 3.01. The van der Waals surface area contributed by atoms with E-state index in [1.807, 2.05) is 30.3 Å². The molecule has 0 saturated heterocycles. The first-order chi connectivity index (χ1) is 12.4. The monoisotopic (exact) mass is 355 g/mol. The van der Waals surface area contributed by atoms with Crippen LogP contribution in [0.2, 0.25) is 0 Å². The van der Waals surface area contributed by atoms with Gasteiger partial charge in [-0.1, -0.05) is 30.3 Å². The molecule has 8 nitrogen and oxygen atoms in total. The van der Waals surface area contributed by atoms with E-state index in [4.69, 9.17) is 4.74 Å². The van der Waals surface area contributed by atoms with Crippen LogP contribution in [0.4, 0.5) is 10.6 Å². The van der Waals surface area contributed by atoms with Crippen LogP contribution in [0.5, 0.6) is 5.88 Å². The fourth-order valence-electron chi connectivity index (χ4n) is 2.71. The number of carbonyl (C=O) groups excluding carboxylic acids is 1. The van der Waals surface area contributed by atoms with Crippen LogP contribution in [-0.2, 0) is 0 Å². The van der Waals surface area contributed by atoms with Gasteiger partial charge < -0.3 is 15.2 Å². The van der Waals surface area contributed by atoms with Crippen LogP contribution in [0, 0.1) is 0 Å². The molecule has 0 radical (unpaired) electrons. The molecule has 1 unspecified atom stereocenters. The molecular weight excluding hydrogens is 334 g/mol. The molecule has 1 atom stereocenters. The minimum atomic E-state index is -1.15. The van der Waals surface area contributed by atoms with E-state index in [1.54, 1.807) is 26.1 Å². The minimum absolute atomic E-state index is 0.351. The molecule has 136 valence electrons. The SMILES string of the molecule is COc1n[nH]c2cc(NC(=O)NC(c3ccccc3)C(C)(C)O)ncc12. The summed E-state index contributed by atoms with van der Waals surface area (Å²) in [4.78, 5) is 16.6. The molecule has 0 aliphatic carbocycles. The van der Waals surface area contributed by atoms with Crippen molar-refractivity contribution in [1.29, 1.82) is 0 Å². The molecule has 0 spiro atoms. The van der Waals surface area contributed by atoms with E-state index in [1.165, 1.54) is 7.11 Å². The number of methoxy groups -OCH3 is 1. The summed E-state index contributed by atoms with van der Waals surface area (Å²) in [5.41, 5.74) is 0.346. The van der Waals surface area contributed by atoms with Crippen molar-refractivity contribution in [3.05, 3.63) is 48.2 Å². The lowest BCUT2D eigenvalue weighted by Crippen LogP contribution is -2.43. The highest BCUT2D eigenvalue weighted by atomic mass is 16.5. The Morgan fingerprint density at radius 3 is 2.69 bits per heavy atom. The van der Waals surface area contributed by atoms with Gasteiger partial charge >= 0.3 is 6.03 Å². The highest BCUT2D eigenvalue weighted by molar-refractivity contribution is 5.92. The smallest absolute Gasteiger partial charge is 0.320 e. The Balaban J connectivity index is 1.76. The Hall–Kier alpha value is -3.13. The fourth-order valence-corrected chi connectivity index (χ4v) is 2.71. The Morgan fingerprint density at radius 2 is 2.04 bits per heavy atom. The number of nitrogens with one attached hydrogen (secondary N) is 3. The third kappa shape index (κ3) is 3.75. The quantitative estimate of drug-likeness (QED) is 0.562. The summed E-state index contributed by atoms with van der Waals surface area (Å²) in [7, 11) is 1.52. The van der Waals surface area contributed by atoms with Gasteiger partial charge in [0.15, 0.2) is 0 Å². The lowest BCUT2D eigenvalue weighted by molar-refractivity contribution is 0.0415. The first-order valence-electron chi connectivity index (χ1n) is 8.11. The number of pyridine rings is 1. The normalized spacial score (nSPS) is 12.6. The van der Waals surface area contributed by atoms with E-state index in [9.17, 15) is 9.90 Å². The van der Waals surface area contributed by atoms with Gasteiger partial charge in [0.2, 0.25) is 5.88 Å². The summed E-state index contributed by atoms with van der Waals surface area (Å²) in [5, 5.41) is 23.4. The van der Waals surface area contributed by atoms with Gasteiger partial charge in [-0.15, -0.1) is 5.10 Å². The van der Waals surface area contributed by atoms with E-state index >= 15 is 0 Å². The van der Waals surface area contributed by atoms with E-state index in [0.717, 1.165) is 10.9 Å². The summed E-state index contributed by atoms with van der Waals surface area (Å²) in [6.07, 6.45) is 1.57. The van der Waals surface area contributed by atoms with Crippen molar-refractivity contribution in [2.45, 2.75) is 25.5 Å². The van der Waals surface area contributed by atoms with Gasteiger partial charge in [-0.3, -0.25) is 10.4 Å². The highest BCUT2D eigenvalue weighted by Gasteiger charge is 2.29. The maximum Gasteiger partial charge on any atom is 0.320 e. The number of aliphatic hydroxyl groups is 1. The molecule has 0 bridgehead atoms. The summed E-state index contributed by atoms with van der Waals surface area (Å²) < 4.78 is 5.12. The second kappa shape index (κ2) is 7.01. The Kier molecular flexibility index (Phi) is 4.77. The van der Waals surface area contributed by atoms with Crippen LogP contribution >= 0.6 is 0 Å². The van der Waals surface area contributed by atoms with Crippen molar-refractivity contribution in [1.82, 2.24) is 20.5 Å². The lowest BCUT2D eigenvalue weighted by Gasteiger charge is -2.30. The summed E-state index contributed by atoms with van der Waals surface area (Å²) in [5.74, 6) is 0.790. The lowest BCUT2D eigenvalue weighted by atomic mass is 9.92. The molecule has 2 amide bonds. The fraction of sp³-hybridized carbons (Fsp3) is 0.278. The van der Waals surface area contributed by atoms with E-state index < -0.39 is 17.7 Å². The Bertz CT molecular complexity index is 902. The van der Waals surface area contributed by atoms with Gasteiger partial charge in [0.25, 0.3) is 0 Å². The molecular formula is C18H21N5O3. The summed E-state index contributed by atoms with van der Waals surface area (Å²) >= 11 is 0. The minimum Gasteiger partial charge on any atom is -0.479 e. The van der Waals surface area contributed by atoms with Gasteiger partial charge in [-0.05, 0) is 19.4 Å². The van der Waals surface area contributed by atoms with Crippen LogP contribution in [0.3, 0.4) is 0 Å². The molecule has 8 heteroatoms. The second-order valence-corrected chi connectivity index (χ2v) is 6.44. The molecule has 2 aromatic heterocycles. The summed E-state index contributed by atoms with van der Waals surface area (Å²) in [6, 6.07) is 9.89. The molecule has 3 rings (SSSR count). The largest absolute Gasteiger partial charge is 0.479 e. The number of ether oxygens (including phenoxy) is 1. The number of benzene rings is 1. The van der Waals surface area contributed by atoms with Crippen molar-refractivity contribution in [3.8, 4) is 5.88 Å². The number of H-pyrrole nitrogens is 1. The van der Waals surface area contributed by atoms with Crippen molar-refractivity contribution in [3.63, 3.8) is 0 Å². The molecule has 1 aromatic carbocycles. The molecule has 3 aromatic rings. The average molecular weight is 355 g/mol. The molecule has 0 aliphatic heterocycles. The standard InChI is InChI=1S/C18H21N5O3/c1-18(2,25)15(11-7-5-4-6-8-11)21-17(24)20-14-9-13-12(10-19-14)16(26-3)23-22-13/h4-10,15,25H,1-3H3,(H,22,23)(H2,19,20,21,24). The third-order valence-electron chi connectivity index (χ3n) is 3.96. The Labute approximate surface area is 150 Å². The van der Waals surface area contributed by atoms with Crippen LogP contribution in [-0.4, -0.2) is 39.0 Å². The van der Waals surface area contributed by atoms with Crippen LogP contribution in [0.15, 0.2) is 42.6 Å². The first-order valence-corrected chi connectivity index (χ1v) is 8.11. The number of rotatable bonds is 5. The number of nitrogens with zero attached hydrogens (tertiary/aromatic N) is 2. The highest BCUT2D eigenvalue weighted by Crippen LogP contribution is 2.26. The zero-order valence-corrected chi connectivity index (χ0v) is 14.8. The predicted molar refractivity (Wildman–Crippen MR) is 98.1 cm³/mol. The topological polar surface area (TPSA) is 112 Å². The molecule has 26 heavy (non-hydrogen) atoms. The van der Waals surface area contributed by atoms with Gasteiger partial charge in [0.05, 0.1) is 29.7 Å². The molecule has 2 heterocycles. The van der Waals surface area contributed by atoms with Gasteiger partial charge in [0, 0.05) is 12.3 Å². The van der Waals surface area contributed by atoms with Crippen LogP contribution in [0.1, 0.15) is 25.5 Å². The number of fused-ring (bicyclic) bond motifs is 1. The third-order valence-corrected chi connectivity index (χ3v) is 3.96. The Morgan fingerprint density at radius 1 is 1.31 bits per heavy atom. The number of carbonyl (C=O) groups is 1. The van der Waals surface area contributed by atoms with Crippen molar-refractivity contribution < 1.29 is 14.6 Å². The number of aromatic amines is 1. The number of urea groups is 1. The maximum atomic E-state index is 12.4. The number of aromatic nitrogens is 3. The first kappa shape index (κ1) is 17.7. The number of anilines is 1. The van der Waals surface area contributed by atoms with E-state index in [2.05, 4.69) is 25.8 Å². The van der Waals surface area contributed by atoms with E-state index in [0.29, 0.717) is 17.2 Å². The summed E-state index contributed by atoms with van der Waals surface area (Å²) in [6.45, 7) is 3.29.